The molecule has 2 rings (SSSR count). The van der Waals surface area contributed by atoms with Gasteiger partial charge in [-0.3, -0.25) is 0 Å². The van der Waals surface area contributed by atoms with Crippen LogP contribution in [0.2, 0.25) is 0 Å². The summed E-state index contributed by atoms with van der Waals surface area (Å²) in [6.45, 7) is 0. The summed E-state index contributed by atoms with van der Waals surface area (Å²) in [6.07, 6.45) is 5.02. The van der Waals surface area contributed by atoms with Crippen molar-refractivity contribution in [2.24, 2.45) is 14.1 Å². The third-order valence-electron chi connectivity index (χ3n) is 2.61. The fourth-order valence-corrected chi connectivity index (χ4v) is 3.15. The Kier molecular flexibility index (Phi) is 3.34. The minimum absolute atomic E-state index is 0.259. The molecule has 94 valence electrons. The molecule has 0 saturated carbocycles. The van der Waals surface area contributed by atoms with Crippen molar-refractivity contribution in [2.75, 3.05) is 0 Å². The van der Waals surface area contributed by atoms with E-state index in [1.807, 2.05) is 30.3 Å². The molecule has 1 heterocycles. The summed E-state index contributed by atoms with van der Waals surface area (Å²) < 4.78 is 27.5. The molecule has 4 nitrogen and oxygen atoms in total. The van der Waals surface area contributed by atoms with Gasteiger partial charge in [-0.05, 0) is 11.6 Å². The minimum atomic E-state index is -3.43. The summed E-state index contributed by atoms with van der Waals surface area (Å²) in [5.74, 6) is 0. The molecule has 0 atom stereocenters. The Morgan fingerprint density at radius 3 is 2.44 bits per heavy atom. The van der Waals surface area contributed by atoms with Crippen molar-refractivity contribution in [3.63, 3.8) is 0 Å². The van der Waals surface area contributed by atoms with Gasteiger partial charge in [0, 0.05) is 5.41 Å². The van der Waals surface area contributed by atoms with E-state index in [9.17, 15) is 8.42 Å². The Bertz CT molecular complexity index is 651. The van der Waals surface area contributed by atoms with E-state index in [-0.39, 0.29) is 5.16 Å². The van der Waals surface area contributed by atoms with E-state index < -0.39 is 9.84 Å². The second-order valence-corrected chi connectivity index (χ2v) is 5.79. The fourth-order valence-electron chi connectivity index (χ4n) is 1.77. The molecule has 2 aromatic rings. The lowest BCUT2D eigenvalue weighted by molar-refractivity contribution is -0.710. The van der Waals surface area contributed by atoms with Gasteiger partial charge in [-0.2, -0.15) is 0 Å². The maximum atomic E-state index is 12.2. The zero-order valence-corrected chi connectivity index (χ0v) is 11.1. The smallest absolute Gasteiger partial charge is 0.223 e. The van der Waals surface area contributed by atoms with Gasteiger partial charge in [0.05, 0.1) is 14.1 Å². The first-order valence-electron chi connectivity index (χ1n) is 5.50. The molecule has 5 heteroatoms. The first kappa shape index (κ1) is 12.6. The maximum Gasteiger partial charge on any atom is 0.379 e. The first-order chi connectivity index (χ1) is 8.50. The van der Waals surface area contributed by atoms with Crippen LogP contribution in [0.3, 0.4) is 0 Å². The summed E-state index contributed by atoms with van der Waals surface area (Å²) in [5.41, 5.74) is 0.859. The molecule has 0 radical (unpaired) electrons. The number of hydrogen-bond donors (Lipinski definition) is 0. The summed E-state index contributed by atoms with van der Waals surface area (Å²) in [5, 5.41) is 1.49. The molecule has 0 saturated heterocycles. The van der Waals surface area contributed by atoms with Crippen molar-refractivity contribution in [1.82, 2.24) is 4.57 Å². The lowest BCUT2D eigenvalue weighted by Crippen LogP contribution is -2.33. The molecule has 0 unspecified atom stereocenters. The van der Waals surface area contributed by atoms with Crippen molar-refractivity contribution in [3.8, 4) is 0 Å². The summed E-state index contributed by atoms with van der Waals surface area (Å²) >= 11 is 0. The van der Waals surface area contributed by atoms with Gasteiger partial charge in [-0.25, -0.2) is 17.6 Å². The molecule has 0 aliphatic heterocycles. The SMILES string of the molecule is Cn1cc[n+](C)c1S(=O)(=O)/C=C/c1ccccc1. The van der Waals surface area contributed by atoms with E-state index >= 15 is 0 Å². The molecule has 18 heavy (non-hydrogen) atoms. The molecule has 1 aromatic heterocycles. The summed E-state index contributed by atoms with van der Waals surface area (Å²) in [6, 6.07) is 9.35. The molecule has 0 bridgehead atoms. The zero-order valence-electron chi connectivity index (χ0n) is 10.3. The number of rotatable bonds is 3. The number of hydrogen-bond acceptors (Lipinski definition) is 2. The third-order valence-corrected chi connectivity index (χ3v) is 4.19. The van der Waals surface area contributed by atoms with Crippen LogP contribution in [0.15, 0.2) is 53.3 Å². The van der Waals surface area contributed by atoms with Crippen molar-refractivity contribution in [3.05, 3.63) is 53.7 Å². The van der Waals surface area contributed by atoms with Crippen LogP contribution in [0.25, 0.3) is 6.08 Å². The van der Waals surface area contributed by atoms with Gasteiger partial charge in [0.25, 0.3) is 9.84 Å². The number of aromatic nitrogens is 2. The van der Waals surface area contributed by atoms with Gasteiger partial charge in [0.2, 0.25) is 0 Å². The third kappa shape index (κ3) is 2.51. The zero-order chi connectivity index (χ0) is 13.2. The lowest BCUT2D eigenvalue weighted by Gasteiger charge is -1.96. The summed E-state index contributed by atoms with van der Waals surface area (Å²) in [4.78, 5) is 0. The highest BCUT2D eigenvalue weighted by molar-refractivity contribution is 7.94. The Morgan fingerprint density at radius 1 is 1.22 bits per heavy atom. The maximum absolute atomic E-state index is 12.2. The molecule has 0 fully saturated rings. The predicted molar refractivity (Wildman–Crippen MR) is 69.3 cm³/mol. The first-order valence-corrected chi connectivity index (χ1v) is 7.04. The largest absolute Gasteiger partial charge is 0.379 e. The van der Waals surface area contributed by atoms with Crippen molar-refractivity contribution in [1.29, 1.82) is 0 Å². The van der Waals surface area contributed by atoms with Gasteiger partial charge in [0.1, 0.15) is 12.4 Å². The molecule has 0 spiro atoms. The van der Waals surface area contributed by atoms with Crippen LogP contribution < -0.4 is 4.57 Å². The Hall–Kier alpha value is -1.88. The Balaban J connectivity index is 2.37. The average Bonchev–Trinajstić information content (AvgIpc) is 2.69. The summed E-state index contributed by atoms with van der Waals surface area (Å²) in [7, 11) is -0.00802. The van der Waals surface area contributed by atoms with Crippen LogP contribution in [0.4, 0.5) is 0 Å². The van der Waals surface area contributed by atoms with Gasteiger partial charge >= 0.3 is 5.16 Å². The van der Waals surface area contributed by atoms with Crippen molar-refractivity contribution >= 4 is 15.9 Å². The molecule has 0 N–H and O–H groups in total. The highest BCUT2D eigenvalue weighted by atomic mass is 32.2. The molecular formula is C13H15N2O2S+. The Morgan fingerprint density at radius 2 is 1.89 bits per heavy atom. The number of aryl methyl sites for hydroxylation is 2. The second-order valence-electron chi connectivity index (χ2n) is 4.06. The van der Waals surface area contributed by atoms with Crippen molar-refractivity contribution < 1.29 is 13.0 Å². The monoisotopic (exact) mass is 263 g/mol. The van der Waals surface area contributed by atoms with Gasteiger partial charge < -0.3 is 0 Å². The van der Waals surface area contributed by atoms with E-state index in [0.29, 0.717) is 0 Å². The number of benzene rings is 1. The second kappa shape index (κ2) is 4.78. The highest BCUT2D eigenvalue weighted by Gasteiger charge is 2.25. The topological polar surface area (TPSA) is 43.0 Å². The molecule has 0 aliphatic rings. The fraction of sp³-hybridized carbons (Fsp3) is 0.154. The van der Waals surface area contributed by atoms with E-state index in [1.54, 1.807) is 41.7 Å². The number of nitrogens with zero attached hydrogens (tertiary/aromatic N) is 2. The predicted octanol–water partition coefficient (Wildman–Crippen LogP) is 1.29. The average molecular weight is 263 g/mol. The van der Waals surface area contributed by atoms with Crippen LogP contribution in [-0.4, -0.2) is 13.0 Å². The lowest BCUT2D eigenvalue weighted by atomic mass is 10.2. The molecule has 0 aliphatic carbocycles. The molecule has 0 amide bonds. The minimum Gasteiger partial charge on any atom is -0.223 e. The van der Waals surface area contributed by atoms with Crippen LogP contribution in [0.1, 0.15) is 5.56 Å². The van der Waals surface area contributed by atoms with E-state index in [0.717, 1.165) is 5.56 Å². The van der Waals surface area contributed by atoms with Gasteiger partial charge in [-0.1, -0.05) is 30.3 Å². The standard InChI is InChI=1S/C13H15N2O2S/c1-14-9-10-15(2)13(14)18(16,17)11-8-12-6-4-3-5-7-12/h3-11H,1-2H3/q+1/b11-8+. The Labute approximate surface area is 107 Å². The quantitative estimate of drug-likeness (QED) is 0.783. The normalized spacial score (nSPS) is 12.1. The van der Waals surface area contributed by atoms with Gasteiger partial charge in [-0.15, -0.1) is 0 Å². The van der Waals surface area contributed by atoms with E-state index in [4.69, 9.17) is 0 Å². The number of imidazole rings is 1. The van der Waals surface area contributed by atoms with Gasteiger partial charge in [0.15, 0.2) is 0 Å². The van der Waals surface area contributed by atoms with Crippen LogP contribution in [-0.2, 0) is 23.9 Å². The van der Waals surface area contributed by atoms with Crippen LogP contribution in [0, 0.1) is 0 Å². The molecular weight excluding hydrogens is 248 g/mol. The van der Waals surface area contributed by atoms with Crippen LogP contribution >= 0.6 is 0 Å². The highest BCUT2D eigenvalue weighted by Crippen LogP contribution is 2.09. The van der Waals surface area contributed by atoms with Crippen molar-refractivity contribution in [2.45, 2.75) is 5.16 Å². The van der Waals surface area contributed by atoms with E-state index in [2.05, 4.69) is 0 Å². The number of sulfone groups is 1. The van der Waals surface area contributed by atoms with E-state index in [1.165, 1.54) is 5.41 Å². The molecule has 1 aromatic carbocycles. The van der Waals surface area contributed by atoms with Crippen LogP contribution in [0.5, 0.6) is 0 Å².